The van der Waals surface area contributed by atoms with E-state index in [0.717, 1.165) is 113 Å². The van der Waals surface area contributed by atoms with Crippen LogP contribution < -0.4 is 39.2 Å². The predicted octanol–water partition coefficient (Wildman–Crippen LogP) is 31.1. The third-order valence-electron chi connectivity index (χ3n) is 24.1. The SMILES string of the molecule is CC(C)N1c2ccccc2N(c2cccc3c(N4c5ccccc5N(C(C)C)c5cc6c(cc54)oc4ccccc46)cccc23)c2ccccc21.Cc1cc(C)cc(N2c3ccccc3N(c3ccc4cc(N5c6ccccc6N(c6cc(C)cc(C)c6)c6cc7c8ccccc8n(-c8ccccc8)c7cc65)ccc4c3)c3ccccc32)c1. The number of anilines is 22. The summed E-state index contributed by atoms with van der Waals surface area (Å²) in [7, 11) is 0. The van der Waals surface area contributed by atoms with E-state index in [1.807, 2.05) is 6.07 Å². The van der Waals surface area contributed by atoms with Gasteiger partial charge in [0.2, 0.25) is 0 Å². The first-order valence-electron chi connectivity index (χ1n) is 41.1. The molecule has 10 nitrogen and oxygen atoms in total. The molecule has 0 unspecified atom stereocenters. The molecule has 17 aromatic carbocycles. The fraction of sp³-hybridized carbons (Fsp3) is 0.0926. The first kappa shape index (κ1) is 69.9. The summed E-state index contributed by atoms with van der Waals surface area (Å²) in [5.41, 5.74) is 35.6. The molecule has 0 atom stereocenters. The minimum absolute atomic E-state index is 0.242. The van der Waals surface area contributed by atoms with Crippen molar-refractivity contribution in [2.24, 2.45) is 0 Å². The molecule has 6 heterocycles. The number of hydrogen-bond donors (Lipinski definition) is 0. The molecular weight excluding hydrogens is 1440 g/mol. The zero-order valence-corrected chi connectivity index (χ0v) is 67.2. The van der Waals surface area contributed by atoms with Crippen molar-refractivity contribution >= 4 is 190 Å². The second-order valence-electron chi connectivity index (χ2n) is 32.4. The zero-order valence-electron chi connectivity index (χ0n) is 67.2. The molecule has 0 N–H and O–H groups in total. The van der Waals surface area contributed by atoms with E-state index < -0.39 is 0 Å². The molecule has 0 saturated carbocycles. The van der Waals surface area contributed by atoms with Crippen LogP contribution in [0.1, 0.15) is 49.9 Å². The number of hydrogen-bond acceptors (Lipinski definition) is 9. The lowest BCUT2D eigenvalue weighted by molar-refractivity contribution is 0.668. The van der Waals surface area contributed by atoms with Crippen molar-refractivity contribution in [3.63, 3.8) is 0 Å². The number of para-hydroxylation sites is 15. The normalized spacial score (nSPS) is 13.3. The monoisotopic (exact) mass is 1520 g/mol. The molecule has 4 aliphatic heterocycles. The van der Waals surface area contributed by atoms with Gasteiger partial charge in [-0.05, 0) is 264 Å². The van der Waals surface area contributed by atoms with E-state index in [-0.39, 0.29) is 6.04 Å². The van der Waals surface area contributed by atoms with Gasteiger partial charge in [-0.2, -0.15) is 0 Å². The quantitative estimate of drug-likeness (QED) is 0.141. The largest absolute Gasteiger partial charge is 0.456 e. The molecule has 0 bridgehead atoms. The van der Waals surface area contributed by atoms with Crippen molar-refractivity contribution in [3.8, 4) is 5.69 Å². The summed E-state index contributed by atoms with van der Waals surface area (Å²) < 4.78 is 8.93. The first-order chi connectivity index (χ1) is 57.8. The lowest BCUT2D eigenvalue weighted by Gasteiger charge is -2.43. The van der Waals surface area contributed by atoms with Gasteiger partial charge in [-0.3, -0.25) is 0 Å². The molecule has 568 valence electrons. The average Bonchev–Trinajstić information content (AvgIpc) is 0.825. The highest BCUT2D eigenvalue weighted by Crippen LogP contribution is 2.61. The second kappa shape index (κ2) is 27.5. The Morgan fingerprint density at radius 2 is 0.542 bits per heavy atom. The fourth-order valence-electron chi connectivity index (χ4n) is 19.5. The summed E-state index contributed by atoms with van der Waals surface area (Å²) in [5.74, 6) is 0. The highest BCUT2D eigenvalue weighted by atomic mass is 16.3. The molecule has 0 saturated heterocycles. The number of aromatic nitrogens is 1. The van der Waals surface area contributed by atoms with Crippen LogP contribution in [-0.4, -0.2) is 16.7 Å². The summed E-state index contributed by atoms with van der Waals surface area (Å²) >= 11 is 0. The van der Waals surface area contributed by atoms with Crippen LogP contribution >= 0.6 is 0 Å². The van der Waals surface area contributed by atoms with Gasteiger partial charge in [-0.25, -0.2) is 0 Å². The molecule has 118 heavy (non-hydrogen) atoms. The van der Waals surface area contributed by atoms with Gasteiger partial charge in [0.25, 0.3) is 0 Å². The topological polar surface area (TPSA) is 44.0 Å². The number of furan rings is 1. The van der Waals surface area contributed by atoms with Crippen molar-refractivity contribution in [2.45, 2.75) is 67.5 Å². The van der Waals surface area contributed by atoms with Gasteiger partial charge in [-0.1, -0.05) is 176 Å². The van der Waals surface area contributed by atoms with Crippen LogP contribution in [-0.2, 0) is 0 Å². The van der Waals surface area contributed by atoms with Crippen molar-refractivity contribution in [2.75, 3.05) is 39.2 Å². The Morgan fingerprint density at radius 3 is 1.03 bits per heavy atom. The second-order valence-corrected chi connectivity index (χ2v) is 32.4. The lowest BCUT2D eigenvalue weighted by Crippen LogP contribution is -2.32. The molecule has 0 amide bonds. The van der Waals surface area contributed by atoms with Crippen molar-refractivity contribution in [3.05, 3.63) is 380 Å². The Kier molecular flexibility index (Phi) is 16.3. The molecule has 23 rings (SSSR count). The van der Waals surface area contributed by atoms with Gasteiger partial charge in [0.05, 0.1) is 113 Å². The van der Waals surface area contributed by atoms with Crippen LogP contribution in [0.25, 0.3) is 71.0 Å². The van der Waals surface area contributed by atoms with Gasteiger partial charge in [0.1, 0.15) is 11.2 Å². The summed E-state index contributed by atoms with van der Waals surface area (Å²) in [6.07, 6.45) is 0. The molecule has 4 aliphatic rings. The average molecular weight is 1520 g/mol. The number of nitrogens with zero attached hydrogens (tertiary/aromatic N) is 9. The number of aryl methyl sites for hydroxylation is 4. The maximum absolute atomic E-state index is 6.51. The van der Waals surface area contributed by atoms with Crippen LogP contribution in [0.2, 0.25) is 0 Å². The Bertz CT molecular complexity index is 7160. The molecule has 19 aromatic rings. The molecule has 2 aromatic heterocycles. The van der Waals surface area contributed by atoms with E-state index in [4.69, 9.17) is 4.42 Å². The summed E-state index contributed by atoms with van der Waals surface area (Å²) in [6.45, 7) is 17.8. The minimum atomic E-state index is 0.242. The van der Waals surface area contributed by atoms with E-state index in [0.29, 0.717) is 6.04 Å². The maximum atomic E-state index is 6.51. The van der Waals surface area contributed by atoms with Crippen molar-refractivity contribution in [1.82, 2.24) is 4.57 Å². The number of rotatable bonds is 9. The van der Waals surface area contributed by atoms with Crippen molar-refractivity contribution in [1.29, 1.82) is 0 Å². The van der Waals surface area contributed by atoms with Crippen LogP contribution in [0, 0.1) is 27.7 Å². The van der Waals surface area contributed by atoms with E-state index in [9.17, 15) is 0 Å². The van der Waals surface area contributed by atoms with E-state index in [1.54, 1.807) is 0 Å². The van der Waals surface area contributed by atoms with Gasteiger partial charge in [-0.15, -0.1) is 0 Å². The third kappa shape index (κ3) is 11.1. The van der Waals surface area contributed by atoms with Crippen molar-refractivity contribution < 1.29 is 4.42 Å². The predicted molar refractivity (Wildman–Crippen MR) is 498 cm³/mol. The Morgan fingerprint density at radius 1 is 0.195 bits per heavy atom. The summed E-state index contributed by atoms with van der Waals surface area (Å²) in [5, 5.41) is 9.43. The molecule has 0 fully saturated rings. The van der Waals surface area contributed by atoms with Crippen LogP contribution in [0.4, 0.5) is 125 Å². The molecule has 10 heteroatoms. The summed E-state index contributed by atoms with van der Waals surface area (Å²) in [6, 6.07) is 132. The number of fused-ring (bicyclic) bond motifs is 16. The third-order valence-corrected chi connectivity index (χ3v) is 24.1. The van der Waals surface area contributed by atoms with Crippen LogP contribution in [0.3, 0.4) is 0 Å². The molecule has 0 spiro atoms. The lowest BCUT2D eigenvalue weighted by atomic mass is 9.98. The van der Waals surface area contributed by atoms with Gasteiger partial charge in [0, 0.05) is 78.9 Å². The molecule has 0 aliphatic carbocycles. The standard InChI is InChI=1S/C62H47N5.C46H38N4O/c1-40-30-41(2)33-49(32-40)66-57-23-13-10-20-54(57)64(55-21-11-14-24-58(55)66)47-28-26-45-37-48(29-27-44(45)36-47)65-56-22-12-15-25-59(56)67(50-34-42(3)31-43(4)35-50)61-38-52-51-18-8-9-19-53(51)63(60(52)39-62(61)65)46-16-6-5-7-17-46;1-29(2)47-37-18-6-9-21-40(37)49(41-22-10-7-19-38(41)47)35-24-13-17-32-31(35)16-14-25-36(32)50-42-23-11-8-20-39(42)48(30(3)4)43-27-34-33-15-5-12-26-45(33)51-46(34)28-44(43)50/h5-39H,1-4H3;5-30H,1-4H3. The minimum Gasteiger partial charge on any atom is -0.456 e. The maximum Gasteiger partial charge on any atom is 0.137 e. The van der Waals surface area contributed by atoms with Gasteiger partial charge < -0.3 is 48.2 Å². The van der Waals surface area contributed by atoms with E-state index in [2.05, 4.69) is 451 Å². The zero-order chi connectivity index (χ0) is 79.3. The van der Waals surface area contributed by atoms with Gasteiger partial charge in [0.15, 0.2) is 0 Å². The van der Waals surface area contributed by atoms with E-state index in [1.165, 1.54) is 105 Å². The highest BCUT2D eigenvalue weighted by molar-refractivity contribution is 6.18. The molecular formula is C108H85N9O. The Balaban J connectivity index is 0.000000148. The first-order valence-corrected chi connectivity index (χ1v) is 41.1. The number of benzene rings is 17. The summed E-state index contributed by atoms with van der Waals surface area (Å²) in [4.78, 5) is 19.6. The smallest absolute Gasteiger partial charge is 0.137 e. The van der Waals surface area contributed by atoms with Crippen LogP contribution in [0.15, 0.2) is 362 Å². The Hall–Kier alpha value is -14.7. The van der Waals surface area contributed by atoms with Gasteiger partial charge >= 0.3 is 0 Å². The van der Waals surface area contributed by atoms with Crippen LogP contribution in [0.5, 0.6) is 0 Å². The van der Waals surface area contributed by atoms with E-state index >= 15 is 0 Å². The molecule has 0 radical (unpaired) electrons. The Labute approximate surface area is 687 Å². The fourth-order valence-corrected chi connectivity index (χ4v) is 19.5. The highest BCUT2D eigenvalue weighted by Gasteiger charge is 2.38.